The minimum absolute atomic E-state index is 0.127. The number of aryl methyl sites for hydroxylation is 1. The number of hydrogen-bond donors (Lipinski definition) is 1. The Kier molecular flexibility index (Phi) is 4.81. The summed E-state index contributed by atoms with van der Waals surface area (Å²) in [4.78, 5) is 14.9. The molecule has 0 radical (unpaired) electrons. The highest BCUT2D eigenvalue weighted by Gasteiger charge is 2.25. The summed E-state index contributed by atoms with van der Waals surface area (Å²) in [5.74, 6) is -0.127. The number of benzene rings is 3. The molecule has 28 heavy (non-hydrogen) atoms. The van der Waals surface area contributed by atoms with E-state index in [-0.39, 0.29) is 10.8 Å². The number of rotatable bonds is 4. The van der Waals surface area contributed by atoms with E-state index in [9.17, 15) is 13.2 Å². The number of amides is 1. The quantitative estimate of drug-likeness (QED) is 0.722. The molecule has 0 aliphatic carbocycles. The zero-order valence-electron chi connectivity index (χ0n) is 15.7. The average Bonchev–Trinajstić information content (AvgIpc) is 3.23. The lowest BCUT2D eigenvalue weighted by Gasteiger charge is -2.20. The molecule has 0 bridgehead atoms. The van der Waals surface area contributed by atoms with Crippen LogP contribution >= 0.6 is 0 Å². The molecule has 1 aliphatic rings. The number of anilines is 1. The number of para-hydroxylation sites is 1. The van der Waals surface area contributed by atoms with Gasteiger partial charge in [0.05, 0.1) is 16.1 Å². The van der Waals surface area contributed by atoms with Gasteiger partial charge in [0.1, 0.15) is 0 Å². The van der Waals surface area contributed by atoms with E-state index in [1.807, 2.05) is 24.3 Å². The third kappa shape index (κ3) is 3.47. The van der Waals surface area contributed by atoms with Crippen LogP contribution in [0.4, 0.5) is 5.69 Å². The number of hydrogen-bond acceptors (Lipinski definition) is 3. The molecule has 5 nitrogen and oxygen atoms in total. The molecule has 0 atom stereocenters. The summed E-state index contributed by atoms with van der Waals surface area (Å²) in [7, 11) is -3.83. The molecule has 144 valence electrons. The van der Waals surface area contributed by atoms with E-state index in [4.69, 9.17) is 0 Å². The summed E-state index contributed by atoms with van der Waals surface area (Å²) in [6.07, 6.45) is 1.96. The molecule has 1 fully saturated rings. The molecule has 0 unspecified atom stereocenters. The highest BCUT2D eigenvalue weighted by atomic mass is 32.2. The first kappa shape index (κ1) is 18.5. The number of carbonyl (C=O) groups excluding carboxylic acids is 1. The zero-order valence-corrected chi connectivity index (χ0v) is 16.5. The maximum atomic E-state index is 13.1. The van der Waals surface area contributed by atoms with Crippen molar-refractivity contribution in [2.24, 2.45) is 0 Å². The Labute approximate surface area is 165 Å². The van der Waals surface area contributed by atoms with Crippen LogP contribution < -0.4 is 4.72 Å². The number of nitrogens with one attached hydrogen (secondary N) is 1. The van der Waals surface area contributed by atoms with E-state index in [1.165, 1.54) is 0 Å². The van der Waals surface area contributed by atoms with Crippen LogP contribution in [-0.2, 0) is 10.0 Å². The summed E-state index contributed by atoms with van der Waals surface area (Å²) in [5.41, 5.74) is 1.47. The lowest BCUT2D eigenvalue weighted by molar-refractivity contribution is 0.0794. The van der Waals surface area contributed by atoms with Gasteiger partial charge in [0.25, 0.3) is 15.9 Å². The minimum atomic E-state index is -3.83. The van der Waals surface area contributed by atoms with Crippen LogP contribution in [0.2, 0.25) is 0 Å². The van der Waals surface area contributed by atoms with E-state index in [0.29, 0.717) is 24.3 Å². The molecule has 3 aromatic rings. The van der Waals surface area contributed by atoms with Gasteiger partial charge >= 0.3 is 0 Å². The standard InChI is InChI=1S/C22H22N2O3S/c1-16-7-6-10-20(22(25)24-13-4-5-14-24)21(16)23-28(26,27)19-12-11-17-8-2-3-9-18(17)15-19/h2-3,6-12,15,23H,4-5,13-14H2,1H3. The molecule has 0 aromatic heterocycles. The Bertz CT molecular complexity index is 1150. The average molecular weight is 394 g/mol. The van der Waals surface area contributed by atoms with E-state index in [1.54, 1.807) is 48.2 Å². The summed E-state index contributed by atoms with van der Waals surface area (Å²) in [6, 6.07) is 17.9. The third-order valence-corrected chi connectivity index (χ3v) is 6.51. The van der Waals surface area contributed by atoms with Gasteiger partial charge in [0.2, 0.25) is 0 Å². The molecule has 0 spiro atoms. The number of sulfonamides is 1. The summed E-state index contributed by atoms with van der Waals surface area (Å²) < 4.78 is 28.8. The van der Waals surface area contributed by atoms with E-state index in [0.717, 1.165) is 29.2 Å². The van der Waals surface area contributed by atoms with Crippen molar-refractivity contribution < 1.29 is 13.2 Å². The second-order valence-corrected chi connectivity index (χ2v) is 8.79. The van der Waals surface area contributed by atoms with Gasteiger partial charge in [-0.2, -0.15) is 0 Å². The van der Waals surface area contributed by atoms with Crippen LogP contribution in [0.15, 0.2) is 65.6 Å². The summed E-state index contributed by atoms with van der Waals surface area (Å²) in [5, 5.41) is 1.82. The van der Waals surface area contributed by atoms with Crippen LogP contribution in [0.3, 0.4) is 0 Å². The van der Waals surface area contributed by atoms with Gasteiger partial charge in [-0.15, -0.1) is 0 Å². The number of carbonyl (C=O) groups is 1. The highest BCUT2D eigenvalue weighted by molar-refractivity contribution is 7.92. The monoisotopic (exact) mass is 394 g/mol. The first-order valence-corrected chi connectivity index (χ1v) is 10.8. The normalized spacial score (nSPS) is 14.4. The van der Waals surface area contributed by atoms with Crippen molar-refractivity contribution in [2.45, 2.75) is 24.7 Å². The first-order chi connectivity index (χ1) is 13.5. The lowest BCUT2D eigenvalue weighted by atomic mass is 10.1. The Hall–Kier alpha value is -2.86. The number of fused-ring (bicyclic) bond motifs is 1. The summed E-state index contributed by atoms with van der Waals surface area (Å²) >= 11 is 0. The highest BCUT2D eigenvalue weighted by Crippen LogP contribution is 2.27. The van der Waals surface area contributed by atoms with Gasteiger partial charge in [0.15, 0.2) is 0 Å². The molecule has 4 rings (SSSR count). The van der Waals surface area contributed by atoms with Crippen molar-refractivity contribution in [1.29, 1.82) is 0 Å². The predicted octanol–water partition coefficient (Wildman–Crippen LogP) is 4.19. The second-order valence-electron chi connectivity index (χ2n) is 7.11. The smallest absolute Gasteiger partial charge is 0.261 e. The van der Waals surface area contributed by atoms with Crippen molar-refractivity contribution in [3.8, 4) is 0 Å². The van der Waals surface area contributed by atoms with Crippen LogP contribution in [0.25, 0.3) is 10.8 Å². The molecule has 1 heterocycles. The SMILES string of the molecule is Cc1cccc(C(=O)N2CCCC2)c1NS(=O)(=O)c1ccc2ccccc2c1. The van der Waals surface area contributed by atoms with Crippen molar-refractivity contribution in [2.75, 3.05) is 17.8 Å². The molecule has 0 saturated carbocycles. The maximum Gasteiger partial charge on any atom is 0.261 e. The Morgan fingerprint density at radius 1 is 0.929 bits per heavy atom. The first-order valence-electron chi connectivity index (χ1n) is 9.36. The summed E-state index contributed by atoms with van der Waals surface area (Å²) in [6.45, 7) is 3.23. The Balaban J connectivity index is 1.72. The van der Waals surface area contributed by atoms with Crippen LogP contribution in [0, 0.1) is 6.92 Å². The molecular weight excluding hydrogens is 372 g/mol. The van der Waals surface area contributed by atoms with Gasteiger partial charge in [-0.05, 0) is 54.3 Å². The Morgan fingerprint density at radius 3 is 2.39 bits per heavy atom. The second kappa shape index (κ2) is 7.28. The molecule has 1 saturated heterocycles. The van der Waals surface area contributed by atoms with Crippen LogP contribution in [0.1, 0.15) is 28.8 Å². The fourth-order valence-electron chi connectivity index (χ4n) is 3.60. The zero-order chi connectivity index (χ0) is 19.7. The van der Waals surface area contributed by atoms with Crippen LogP contribution in [-0.4, -0.2) is 32.3 Å². The van der Waals surface area contributed by atoms with Crippen molar-refractivity contribution in [1.82, 2.24) is 4.90 Å². The van der Waals surface area contributed by atoms with Crippen molar-refractivity contribution in [3.63, 3.8) is 0 Å². The molecule has 6 heteroatoms. The molecule has 1 aliphatic heterocycles. The van der Waals surface area contributed by atoms with Crippen molar-refractivity contribution >= 4 is 32.4 Å². The maximum absolute atomic E-state index is 13.1. The van der Waals surface area contributed by atoms with Gasteiger partial charge in [-0.1, -0.05) is 42.5 Å². The van der Waals surface area contributed by atoms with E-state index >= 15 is 0 Å². The fourth-order valence-corrected chi connectivity index (χ4v) is 4.79. The topological polar surface area (TPSA) is 66.5 Å². The lowest BCUT2D eigenvalue weighted by Crippen LogP contribution is -2.29. The van der Waals surface area contributed by atoms with Gasteiger partial charge in [-0.25, -0.2) is 8.42 Å². The fraction of sp³-hybridized carbons (Fsp3) is 0.227. The molecule has 1 amide bonds. The minimum Gasteiger partial charge on any atom is -0.339 e. The third-order valence-electron chi connectivity index (χ3n) is 5.16. The van der Waals surface area contributed by atoms with Gasteiger partial charge in [-0.3, -0.25) is 9.52 Å². The molecule has 3 aromatic carbocycles. The van der Waals surface area contributed by atoms with Gasteiger partial charge < -0.3 is 4.90 Å². The Morgan fingerprint density at radius 2 is 1.64 bits per heavy atom. The van der Waals surface area contributed by atoms with Crippen molar-refractivity contribution in [3.05, 3.63) is 71.8 Å². The van der Waals surface area contributed by atoms with Crippen LogP contribution in [0.5, 0.6) is 0 Å². The number of likely N-dealkylation sites (tertiary alicyclic amines) is 1. The largest absolute Gasteiger partial charge is 0.339 e. The van der Waals surface area contributed by atoms with E-state index < -0.39 is 10.0 Å². The molecular formula is C22H22N2O3S. The van der Waals surface area contributed by atoms with E-state index in [2.05, 4.69) is 4.72 Å². The van der Waals surface area contributed by atoms with Gasteiger partial charge in [0, 0.05) is 13.1 Å². The number of nitrogens with zero attached hydrogens (tertiary/aromatic N) is 1. The predicted molar refractivity (Wildman–Crippen MR) is 111 cm³/mol. The molecule has 1 N–H and O–H groups in total.